The maximum absolute atomic E-state index is 13.1. The molecule has 214 valence electrons. The Hall–Kier alpha value is -5.70. The van der Waals surface area contributed by atoms with Crippen molar-refractivity contribution in [3.8, 4) is 11.3 Å². The summed E-state index contributed by atoms with van der Waals surface area (Å²) in [6.45, 7) is 5.32. The lowest BCUT2D eigenvalue weighted by Crippen LogP contribution is -2.28. The third kappa shape index (κ3) is 6.15. The van der Waals surface area contributed by atoms with E-state index in [0.717, 1.165) is 38.9 Å². The van der Waals surface area contributed by atoms with E-state index in [2.05, 4.69) is 25.9 Å². The molecule has 9 heteroatoms. The van der Waals surface area contributed by atoms with Crippen LogP contribution in [0.2, 0.25) is 0 Å². The van der Waals surface area contributed by atoms with Gasteiger partial charge in [-0.05, 0) is 69.3 Å². The van der Waals surface area contributed by atoms with E-state index in [-0.39, 0.29) is 5.91 Å². The number of carbonyl (C=O) groups excluding carboxylic acids is 2. The van der Waals surface area contributed by atoms with Gasteiger partial charge in [0.25, 0.3) is 5.91 Å². The van der Waals surface area contributed by atoms with Crippen molar-refractivity contribution < 1.29 is 18.7 Å². The summed E-state index contributed by atoms with van der Waals surface area (Å²) in [4.78, 5) is 34.2. The summed E-state index contributed by atoms with van der Waals surface area (Å²) in [5.74, 6) is 0.240. The lowest BCUT2D eigenvalue weighted by Gasteiger charge is -2.20. The van der Waals surface area contributed by atoms with Gasteiger partial charge in [0.2, 0.25) is 0 Å². The van der Waals surface area contributed by atoms with Gasteiger partial charge in [0.1, 0.15) is 28.9 Å². The van der Waals surface area contributed by atoms with Crippen LogP contribution in [0, 0.1) is 0 Å². The maximum Gasteiger partial charge on any atom is 0.412 e. The Labute approximate surface area is 247 Å². The molecule has 0 aliphatic rings. The highest BCUT2D eigenvalue weighted by Gasteiger charge is 2.19. The Morgan fingerprint density at radius 1 is 0.767 bits per heavy atom. The van der Waals surface area contributed by atoms with Gasteiger partial charge in [-0.2, -0.15) is 0 Å². The SMILES string of the molecule is CC(C)(C)OC(=O)Nc1ccccc1C(=O)Nc1ccc(Nc2cc(-c3cccc4c3oc3ccccc34)ncn2)cc1. The zero-order valence-electron chi connectivity index (χ0n) is 23.8. The van der Waals surface area contributed by atoms with E-state index in [9.17, 15) is 9.59 Å². The first-order valence-corrected chi connectivity index (χ1v) is 13.7. The van der Waals surface area contributed by atoms with E-state index in [1.54, 1.807) is 57.2 Å². The van der Waals surface area contributed by atoms with Crippen molar-refractivity contribution in [2.45, 2.75) is 26.4 Å². The van der Waals surface area contributed by atoms with Crippen LogP contribution in [0.15, 0.2) is 108 Å². The molecule has 2 aromatic heterocycles. The topological polar surface area (TPSA) is 118 Å². The quantitative estimate of drug-likeness (QED) is 0.184. The van der Waals surface area contributed by atoms with Crippen molar-refractivity contribution in [3.05, 3.63) is 109 Å². The molecule has 4 aromatic carbocycles. The highest BCUT2D eigenvalue weighted by molar-refractivity contribution is 6.10. The fraction of sp³-hybridized carbons (Fsp3) is 0.118. The summed E-state index contributed by atoms with van der Waals surface area (Å²) in [7, 11) is 0. The Balaban J connectivity index is 1.16. The van der Waals surface area contributed by atoms with Crippen LogP contribution < -0.4 is 16.0 Å². The average Bonchev–Trinajstić information content (AvgIpc) is 3.36. The predicted octanol–water partition coefficient (Wildman–Crippen LogP) is 8.39. The van der Waals surface area contributed by atoms with Crippen molar-refractivity contribution in [1.29, 1.82) is 0 Å². The summed E-state index contributed by atoms with van der Waals surface area (Å²) in [6, 6.07) is 29.8. The molecule has 0 aliphatic carbocycles. The molecule has 2 amide bonds. The summed E-state index contributed by atoms with van der Waals surface area (Å²) < 4.78 is 11.5. The van der Waals surface area contributed by atoms with Gasteiger partial charge in [0, 0.05) is 33.8 Å². The number of amides is 2. The smallest absolute Gasteiger partial charge is 0.412 e. The molecule has 43 heavy (non-hydrogen) atoms. The summed E-state index contributed by atoms with van der Waals surface area (Å²) in [5, 5.41) is 10.9. The molecule has 0 saturated carbocycles. The Bertz CT molecular complexity index is 1960. The van der Waals surface area contributed by atoms with Gasteiger partial charge in [-0.15, -0.1) is 0 Å². The van der Waals surface area contributed by atoms with Crippen LogP contribution in [0.25, 0.3) is 33.2 Å². The second-order valence-corrected chi connectivity index (χ2v) is 10.9. The van der Waals surface area contributed by atoms with E-state index < -0.39 is 11.7 Å². The molecule has 0 bridgehead atoms. The number of hydrogen-bond donors (Lipinski definition) is 3. The molecule has 0 atom stereocenters. The minimum absolute atomic E-state index is 0.309. The van der Waals surface area contributed by atoms with Gasteiger partial charge in [-0.25, -0.2) is 14.8 Å². The normalized spacial score (nSPS) is 11.3. The van der Waals surface area contributed by atoms with E-state index in [4.69, 9.17) is 9.15 Å². The van der Waals surface area contributed by atoms with Crippen molar-refractivity contribution in [2.24, 2.45) is 0 Å². The number of rotatable bonds is 6. The van der Waals surface area contributed by atoms with Gasteiger partial charge < -0.3 is 19.8 Å². The van der Waals surface area contributed by atoms with Gasteiger partial charge in [-0.1, -0.05) is 42.5 Å². The van der Waals surface area contributed by atoms with Crippen molar-refractivity contribution >= 4 is 56.8 Å². The molecule has 6 aromatic rings. The second kappa shape index (κ2) is 11.3. The minimum atomic E-state index is -0.660. The Kier molecular flexibility index (Phi) is 7.21. The standard InChI is InChI=1S/C34H29N5O4/c1-34(2,3)43-33(41)39-27-13-6-4-10-26(27)32(40)38-22-17-15-21(16-18-22)37-30-19-28(35-20-36-30)25-12-8-11-24-23-9-5-7-14-29(23)42-31(24)25/h4-20H,1-3H3,(H,38,40)(H,39,41)(H,35,36,37). The number of ether oxygens (including phenoxy) is 1. The Morgan fingerprint density at radius 3 is 2.30 bits per heavy atom. The number of para-hydroxylation sites is 3. The van der Waals surface area contributed by atoms with E-state index in [0.29, 0.717) is 22.8 Å². The maximum atomic E-state index is 13.1. The van der Waals surface area contributed by atoms with Crippen molar-refractivity contribution in [1.82, 2.24) is 9.97 Å². The van der Waals surface area contributed by atoms with Gasteiger partial charge in [-0.3, -0.25) is 10.1 Å². The lowest BCUT2D eigenvalue weighted by atomic mass is 10.1. The average molecular weight is 572 g/mol. The van der Waals surface area contributed by atoms with Gasteiger partial charge in [0.05, 0.1) is 16.9 Å². The Morgan fingerprint density at radius 2 is 1.49 bits per heavy atom. The van der Waals surface area contributed by atoms with Gasteiger partial charge >= 0.3 is 6.09 Å². The third-order valence-corrected chi connectivity index (χ3v) is 6.57. The number of fused-ring (bicyclic) bond motifs is 3. The van der Waals surface area contributed by atoms with Crippen LogP contribution in [0.5, 0.6) is 0 Å². The van der Waals surface area contributed by atoms with E-state index >= 15 is 0 Å². The monoisotopic (exact) mass is 571 g/mol. The van der Waals surface area contributed by atoms with Crippen LogP contribution in [0.3, 0.4) is 0 Å². The molecule has 0 aliphatic heterocycles. The first kappa shape index (κ1) is 27.5. The van der Waals surface area contributed by atoms with Crippen LogP contribution in [-0.4, -0.2) is 27.6 Å². The number of benzene rings is 4. The first-order chi connectivity index (χ1) is 20.7. The van der Waals surface area contributed by atoms with Crippen LogP contribution in [0.4, 0.5) is 27.7 Å². The highest BCUT2D eigenvalue weighted by atomic mass is 16.6. The predicted molar refractivity (Wildman–Crippen MR) is 169 cm³/mol. The molecule has 3 N–H and O–H groups in total. The third-order valence-electron chi connectivity index (χ3n) is 6.57. The molecule has 0 unspecified atom stereocenters. The molecular weight excluding hydrogens is 542 g/mol. The molecule has 2 heterocycles. The van der Waals surface area contributed by atoms with Gasteiger partial charge in [0.15, 0.2) is 0 Å². The fourth-order valence-electron chi connectivity index (χ4n) is 4.71. The first-order valence-electron chi connectivity index (χ1n) is 13.7. The van der Waals surface area contributed by atoms with E-state index in [1.807, 2.05) is 60.7 Å². The van der Waals surface area contributed by atoms with Crippen molar-refractivity contribution in [3.63, 3.8) is 0 Å². The van der Waals surface area contributed by atoms with Crippen LogP contribution in [0.1, 0.15) is 31.1 Å². The number of aromatic nitrogens is 2. The number of anilines is 4. The molecule has 0 fully saturated rings. The lowest BCUT2D eigenvalue weighted by molar-refractivity contribution is 0.0636. The van der Waals surface area contributed by atoms with Crippen LogP contribution >= 0.6 is 0 Å². The molecule has 0 saturated heterocycles. The highest BCUT2D eigenvalue weighted by Crippen LogP contribution is 2.35. The zero-order valence-corrected chi connectivity index (χ0v) is 23.8. The second-order valence-electron chi connectivity index (χ2n) is 10.9. The molecule has 9 nitrogen and oxygen atoms in total. The summed E-state index contributed by atoms with van der Waals surface area (Å²) >= 11 is 0. The van der Waals surface area contributed by atoms with E-state index in [1.165, 1.54) is 6.33 Å². The summed E-state index contributed by atoms with van der Waals surface area (Å²) in [5.41, 5.74) is 4.56. The minimum Gasteiger partial charge on any atom is -0.455 e. The van der Waals surface area contributed by atoms with Crippen molar-refractivity contribution in [2.75, 3.05) is 16.0 Å². The zero-order chi connectivity index (χ0) is 30.0. The number of furan rings is 1. The largest absolute Gasteiger partial charge is 0.455 e. The number of hydrogen-bond acceptors (Lipinski definition) is 7. The molecule has 6 rings (SSSR count). The number of carbonyl (C=O) groups is 2. The number of nitrogens with zero attached hydrogens (tertiary/aromatic N) is 2. The molecular formula is C34H29N5O4. The number of nitrogens with one attached hydrogen (secondary N) is 3. The molecule has 0 spiro atoms. The fourth-order valence-corrected chi connectivity index (χ4v) is 4.71. The van der Waals surface area contributed by atoms with Crippen LogP contribution in [-0.2, 0) is 4.74 Å². The molecule has 0 radical (unpaired) electrons. The summed E-state index contributed by atoms with van der Waals surface area (Å²) in [6.07, 6.45) is 0.876.